The summed E-state index contributed by atoms with van der Waals surface area (Å²) in [6.45, 7) is 7.93. The van der Waals surface area contributed by atoms with E-state index >= 15 is 0 Å². The summed E-state index contributed by atoms with van der Waals surface area (Å²) in [4.78, 5) is 0. The van der Waals surface area contributed by atoms with Crippen molar-refractivity contribution in [1.82, 2.24) is 15.1 Å². The van der Waals surface area contributed by atoms with Crippen LogP contribution in [-0.2, 0) is 6.54 Å². The molecular weight excluding hydrogens is 164 g/mol. The molecule has 0 atom stereocenters. The quantitative estimate of drug-likeness (QED) is 0.734. The second kappa shape index (κ2) is 4.28. The van der Waals surface area contributed by atoms with Crippen molar-refractivity contribution >= 4 is 5.69 Å². The van der Waals surface area contributed by atoms with Gasteiger partial charge in [-0.3, -0.25) is 4.68 Å². The van der Waals surface area contributed by atoms with Gasteiger partial charge in [-0.1, -0.05) is 6.92 Å². The molecule has 1 rings (SSSR count). The fourth-order valence-electron chi connectivity index (χ4n) is 1.09. The van der Waals surface area contributed by atoms with Crippen LogP contribution >= 0.6 is 0 Å². The molecule has 1 aromatic heterocycles. The molecule has 0 aliphatic heterocycles. The molecule has 0 saturated heterocycles. The van der Waals surface area contributed by atoms with E-state index in [9.17, 15) is 0 Å². The van der Waals surface area contributed by atoms with Gasteiger partial charge in [-0.25, -0.2) is 0 Å². The number of hydrogen-bond donors (Lipinski definition) is 2. The molecule has 4 nitrogen and oxygen atoms in total. The Kier molecular flexibility index (Phi) is 3.31. The minimum Gasteiger partial charge on any atom is -0.396 e. The minimum atomic E-state index is 0.373. The normalized spacial score (nSPS) is 11.1. The second-order valence-corrected chi connectivity index (χ2v) is 3.39. The highest BCUT2D eigenvalue weighted by Crippen LogP contribution is 2.12. The Balaban J connectivity index is 2.71. The number of aromatic nitrogens is 2. The molecule has 0 fully saturated rings. The molecule has 0 aliphatic rings. The summed E-state index contributed by atoms with van der Waals surface area (Å²) < 4.78 is 1.89. The van der Waals surface area contributed by atoms with Crippen LogP contribution in [0.15, 0.2) is 6.20 Å². The Labute approximate surface area is 79.1 Å². The van der Waals surface area contributed by atoms with Crippen LogP contribution in [-0.4, -0.2) is 16.3 Å². The van der Waals surface area contributed by atoms with Gasteiger partial charge in [0.2, 0.25) is 0 Å². The predicted octanol–water partition coefficient (Wildman–Crippen LogP) is 1.16. The van der Waals surface area contributed by atoms with Crippen molar-refractivity contribution in [1.29, 1.82) is 0 Å². The van der Waals surface area contributed by atoms with Gasteiger partial charge >= 0.3 is 0 Å². The van der Waals surface area contributed by atoms with Crippen molar-refractivity contribution in [2.24, 2.45) is 0 Å². The lowest BCUT2D eigenvalue weighted by atomic mass is 10.4. The summed E-state index contributed by atoms with van der Waals surface area (Å²) in [5, 5.41) is 7.58. The zero-order valence-corrected chi connectivity index (χ0v) is 8.54. The van der Waals surface area contributed by atoms with Crippen molar-refractivity contribution < 1.29 is 0 Å². The fraction of sp³-hybridized carbons (Fsp3) is 0.667. The number of nitrogens with zero attached hydrogens (tertiary/aromatic N) is 2. The van der Waals surface area contributed by atoms with Crippen molar-refractivity contribution in [3.63, 3.8) is 0 Å². The molecule has 0 amide bonds. The SMILES string of the molecule is CCNCc1nn(C(C)C)cc1N. The molecule has 0 radical (unpaired) electrons. The highest BCUT2D eigenvalue weighted by Gasteiger charge is 2.06. The summed E-state index contributed by atoms with van der Waals surface area (Å²) in [5.41, 5.74) is 7.51. The first-order valence-electron chi connectivity index (χ1n) is 4.69. The average molecular weight is 182 g/mol. The maximum atomic E-state index is 5.80. The standard InChI is InChI=1S/C9H18N4/c1-4-11-5-9-8(10)6-13(12-9)7(2)3/h6-7,11H,4-5,10H2,1-3H3. The van der Waals surface area contributed by atoms with Crippen molar-refractivity contribution in [3.8, 4) is 0 Å². The third-order valence-electron chi connectivity index (χ3n) is 1.91. The first kappa shape index (κ1) is 10.1. The zero-order valence-electron chi connectivity index (χ0n) is 8.54. The Morgan fingerprint density at radius 3 is 2.77 bits per heavy atom. The third kappa shape index (κ3) is 2.45. The van der Waals surface area contributed by atoms with Crippen LogP contribution in [0.4, 0.5) is 5.69 Å². The van der Waals surface area contributed by atoms with Crippen LogP contribution in [0, 0.1) is 0 Å². The van der Waals surface area contributed by atoms with E-state index < -0.39 is 0 Å². The van der Waals surface area contributed by atoms with Gasteiger partial charge in [-0.15, -0.1) is 0 Å². The number of nitrogens with one attached hydrogen (secondary N) is 1. The molecule has 1 heterocycles. The zero-order chi connectivity index (χ0) is 9.84. The number of rotatable bonds is 4. The van der Waals surface area contributed by atoms with E-state index in [1.165, 1.54) is 0 Å². The third-order valence-corrected chi connectivity index (χ3v) is 1.91. The van der Waals surface area contributed by atoms with Gasteiger partial charge in [-0.05, 0) is 20.4 Å². The van der Waals surface area contributed by atoms with Gasteiger partial charge < -0.3 is 11.1 Å². The van der Waals surface area contributed by atoms with E-state index in [1.807, 2.05) is 10.9 Å². The predicted molar refractivity (Wildman–Crippen MR) is 54.4 cm³/mol. The largest absolute Gasteiger partial charge is 0.396 e. The summed E-state index contributed by atoms with van der Waals surface area (Å²) in [6.07, 6.45) is 1.89. The van der Waals surface area contributed by atoms with E-state index in [0.717, 1.165) is 24.5 Å². The topological polar surface area (TPSA) is 55.9 Å². The van der Waals surface area contributed by atoms with E-state index in [1.54, 1.807) is 0 Å². The van der Waals surface area contributed by atoms with Gasteiger partial charge in [0.05, 0.1) is 11.4 Å². The number of hydrogen-bond acceptors (Lipinski definition) is 3. The molecule has 0 spiro atoms. The van der Waals surface area contributed by atoms with Crippen LogP contribution in [0.2, 0.25) is 0 Å². The Morgan fingerprint density at radius 1 is 1.62 bits per heavy atom. The maximum absolute atomic E-state index is 5.80. The lowest BCUT2D eigenvalue weighted by Crippen LogP contribution is -2.13. The smallest absolute Gasteiger partial charge is 0.0991 e. The highest BCUT2D eigenvalue weighted by molar-refractivity contribution is 5.40. The van der Waals surface area contributed by atoms with Crippen molar-refractivity contribution in [2.45, 2.75) is 33.4 Å². The van der Waals surface area contributed by atoms with E-state index in [0.29, 0.717) is 6.04 Å². The monoisotopic (exact) mass is 182 g/mol. The Hall–Kier alpha value is -1.03. The van der Waals surface area contributed by atoms with Crippen molar-refractivity contribution in [2.75, 3.05) is 12.3 Å². The molecule has 0 aliphatic carbocycles. The second-order valence-electron chi connectivity index (χ2n) is 3.39. The molecule has 3 N–H and O–H groups in total. The van der Waals surface area contributed by atoms with Crippen LogP contribution in [0.5, 0.6) is 0 Å². The molecule has 13 heavy (non-hydrogen) atoms. The highest BCUT2D eigenvalue weighted by atomic mass is 15.3. The number of nitrogen functional groups attached to an aromatic ring is 1. The molecule has 4 heteroatoms. The summed E-state index contributed by atoms with van der Waals surface area (Å²) in [5.74, 6) is 0. The number of nitrogens with two attached hydrogens (primary N) is 1. The lowest BCUT2D eigenvalue weighted by molar-refractivity contribution is 0.522. The van der Waals surface area contributed by atoms with E-state index in [-0.39, 0.29) is 0 Å². The fourth-order valence-corrected chi connectivity index (χ4v) is 1.09. The van der Waals surface area contributed by atoms with Crippen molar-refractivity contribution in [3.05, 3.63) is 11.9 Å². The lowest BCUT2D eigenvalue weighted by Gasteiger charge is -2.03. The van der Waals surface area contributed by atoms with Gasteiger partial charge in [0, 0.05) is 18.8 Å². The van der Waals surface area contributed by atoms with Gasteiger partial charge in [0.25, 0.3) is 0 Å². The van der Waals surface area contributed by atoms with Gasteiger partial charge in [-0.2, -0.15) is 5.10 Å². The van der Waals surface area contributed by atoms with E-state index in [2.05, 4.69) is 31.2 Å². The molecule has 1 aromatic rings. The molecule has 74 valence electrons. The van der Waals surface area contributed by atoms with Crippen LogP contribution < -0.4 is 11.1 Å². The van der Waals surface area contributed by atoms with Crippen LogP contribution in [0.3, 0.4) is 0 Å². The average Bonchev–Trinajstić information content (AvgIpc) is 2.44. The molecule has 0 unspecified atom stereocenters. The molecule has 0 aromatic carbocycles. The minimum absolute atomic E-state index is 0.373. The van der Waals surface area contributed by atoms with Crippen LogP contribution in [0.25, 0.3) is 0 Å². The molecular formula is C9H18N4. The van der Waals surface area contributed by atoms with Gasteiger partial charge in [0.1, 0.15) is 0 Å². The first-order valence-corrected chi connectivity index (χ1v) is 4.69. The maximum Gasteiger partial charge on any atom is 0.0991 e. The Bertz CT molecular complexity index is 265. The number of anilines is 1. The molecule has 0 bridgehead atoms. The van der Waals surface area contributed by atoms with Crippen LogP contribution in [0.1, 0.15) is 32.5 Å². The van der Waals surface area contributed by atoms with Gasteiger partial charge in [0.15, 0.2) is 0 Å². The summed E-state index contributed by atoms with van der Waals surface area (Å²) in [7, 11) is 0. The Morgan fingerprint density at radius 2 is 2.31 bits per heavy atom. The summed E-state index contributed by atoms with van der Waals surface area (Å²) in [6, 6.07) is 0.373. The molecule has 0 saturated carbocycles. The summed E-state index contributed by atoms with van der Waals surface area (Å²) >= 11 is 0. The first-order chi connectivity index (χ1) is 6.15. The van der Waals surface area contributed by atoms with E-state index in [4.69, 9.17) is 5.73 Å².